The number of hydrogen-bond donors (Lipinski definition) is 2. The molecule has 1 fully saturated rings. The number of nitrogens with one attached hydrogen (secondary N) is 1. The van der Waals surface area contributed by atoms with Crippen molar-refractivity contribution in [1.29, 1.82) is 0 Å². The highest BCUT2D eigenvalue weighted by molar-refractivity contribution is 5.94. The predicted molar refractivity (Wildman–Crippen MR) is 154 cm³/mol. The number of carbonyl (C=O) groups is 1. The second-order valence-electron chi connectivity index (χ2n) is 10.8. The Hall–Kier alpha value is -4.64. The first-order valence-corrected chi connectivity index (χ1v) is 13.9. The average molecular weight is 572 g/mol. The van der Waals surface area contributed by atoms with Gasteiger partial charge in [-0.05, 0) is 56.2 Å². The lowest BCUT2D eigenvalue weighted by molar-refractivity contribution is -0.0354. The van der Waals surface area contributed by atoms with Crippen LogP contribution in [0.15, 0.2) is 85.6 Å². The number of aliphatic hydroxyl groups is 1. The Morgan fingerprint density at radius 3 is 2.57 bits per heavy atom. The minimum atomic E-state index is -1.83. The molecule has 3 heterocycles. The highest BCUT2D eigenvalue weighted by Gasteiger charge is 2.41. The predicted octanol–water partition coefficient (Wildman–Crippen LogP) is 4.77. The van der Waals surface area contributed by atoms with Gasteiger partial charge in [0.15, 0.2) is 0 Å². The Morgan fingerprint density at radius 2 is 1.86 bits per heavy atom. The van der Waals surface area contributed by atoms with E-state index >= 15 is 4.39 Å². The molecule has 11 heteroatoms. The number of nitrogens with zero attached hydrogens (tertiary/aromatic N) is 6. The summed E-state index contributed by atoms with van der Waals surface area (Å²) >= 11 is 0. The molecule has 9 nitrogen and oxygen atoms in total. The van der Waals surface area contributed by atoms with E-state index in [1.807, 2.05) is 53.4 Å². The van der Waals surface area contributed by atoms with Gasteiger partial charge in [0.05, 0.1) is 24.3 Å². The summed E-state index contributed by atoms with van der Waals surface area (Å²) in [5.41, 5.74) is 0.481. The number of rotatable bonds is 8. The zero-order valence-electron chi connectivity index (χ0n) is 23.1. The van der Waals surface area contributed by atoms with Gasteiger partial charge in [-0.3, -0.25) is 9.48 Å². The topological polar surface area (TPSA) is 101 Å². The van der Waals surface area contributed by atoms with Crippen LogP contribution in [0.25, 0.3) is 10.9 Å². The van der Waals surface area contributed by atoms with Crippen molar-refractivity contribution in [1.82, 2.24) is 29.4 Å². The van der Waals surface area contributed by atoms with Crippen LogP contribution in [-0.2, 0) is 12.1 Å². The molecule has 1 aliphatic heterocycles. The van der Waals surface area contributed by atoms with E-state index in [1.54, 1.807) is 17.8 Å². The molecule has 2 N–H and O–H groups in total. The van der Waals surface area contributed by atoms with Crippen LogP contribution in [0, 0.1) is 11.6 Å². The van der Waals surface area contributed by atoms with Crippen LogP contribution in [-0.4, -0.2) is 59.6 Å². The Labute approximate surface area is 241 Å². The number of piperidine rings is 1. The van der Waals surface area contributed by atoms with E-state index in [9.17, 15) is 14.3 Å². The summed E-state index contributed by atoms with van der Waals surface area (Å²) < 4.78 is 31.8. The normalized spacial score (nSPS) is 16.3. The molecular formula is C31H31F2N7O2. The molecule has 1 saturated heterocycles. The molecule has 216 valence electrons. The lowest BCUT2D eigenvalue weighted by Crippen LogP contribution is -2.42. The van der Waals surface area contributed by atoms with E-state index in [-0.39, 0.29) is 24.1 Å². The first-order valence-electron chi connectivity index (χ1n) is 13.9. The lowest BCUT2D eigenvalue weighted by Gasteiger charge is -2.35. The number of benzene rings is 3. The summed E-state index contributed by atoms with van der Waals surface area (Å²) in [6.45, 7) is 2.97. The van der Waals surface area contributed by atoms with Crippen molar-refractivity contribution in [3.05, 3.63) is 108 Å². The van der Waals surface area contributed by atoms with Crippen molar-refractivity contribution in [2.24, 2.45) is 0 Å². The average Bonchev–Trinajstić information content (AvgIpc) is 3.67. The first-order chi connectivity index (χ1) is 20.3. The third-order valence-electron chi connectivity index (χ3n) is 8.09. The van der Waals surface area contributed by atoms with Gasteiger partial charge in [-0.25, -0.2) is 18.4 Å². The Balaban J connectivity index is 1.19. The van der Waals surface area contributed by atoms with E-state index in [1.165, 1.54) is 23.4 Å². The largest absolute Gasteiger partial charge is 0.382 e. The summed E-state index contributed by atoms with van der Waals surface area (Å²) in [4.78, 5) is 18.6. The molecule has 0 aliphatic carbocycles. The molecule has 0 saturated carbocycles. The Bertz CT molecular complexity index is 1680. The second-order valence-corrected chi connectivity index (χ2v) is 10.8. The van der Waals surface area contributed by atoms with Crippen molar-refractivity contribution in [3.8, 4) is 0 Å². The van der Waals surface area contributed by atoms with Gasteiger partial charge in [-0.2, -0.15) is 10.2 Å². The minimum absolute atomic E-state index is 0.0568. The zero-order valence-corrected chi connectivity index (χ0v) is 23.1. The fraction of sp³-hybridized carbons (Fsp3) is 0.290. The van der Waals surface area contributed by atoms with Gasteiger partial charge in [-0.1, -0.05) is 24.3 Å². The van der Waals surface area contributed by atoms with Gasteiger partial charge in [0.25, 0.3) is 5.91 Å². The van der Waals surface area contributed by atoms with Crippen molar-refractivity contribution in [2.75, 3.05) is 18.4 Å². The van der Waals surface area contributed by atoms with E-state index < -0.39 is 23.3 Å². The molecule has 0 spiro atoms. The van der Waals surface area contributed by atoms with Crippen LogP contribution in [0.1, 0.15) is 41.7 Å². The molecule has 2 aromatic heterocycles. The molecule has 0 unspecified atom stereocenters. The third-order valence-corrected chi connectivity index (χ3v) is 8.09. The highest BCUT2D eigenvalue weighted by Crippen LogP contribution is 2.38. The number of halogens is 2. The first kappa shape index (κ1) is 27.5. The third kappa shape index (κ3) is 5.35. The molecular weight excluding hydrogens is 540 g/mol. The van der Waals surface area contributed by atoms with Crippen LogP contribution in [0.2, 0.25) is 0 Å². The molecule has 0 radical (unpaired) electrons. The van der Waals surface area contributed by atoms with E-state index in [4.69, 9.17) is 0 Å². The maximum Gasteiger partial charge on any atom is 0.253 e. The van der Waals surface area contributed by atoms with Crippen molar-refractivity contribution in [3.63, 3.8) is 0 Å². The SMILES string of the molecule is C[C@@H](n1ncc2cc(NC3CCN(C(=O)c4ccccc4)CC3)ccc21)[C@](O)(Cn1cncn1)c1ccc(F)cc1F. The molecule has 6 rings (SSSR count). The monoisotopic (exact) mass is 571 g/mol. The summed E-state index contributed by atoms with van der Waals surface area (Å²) in [5.74, 6) is -1.53. The van der Waals surface area contributed by atoms with Crippen LogP contribution in [0.4, 0.5) is 14.5 Å². The molecule has 1 amide bonds. The minimum Gasteiger partial charge on any atom is -0.382 e. The van der Waals surface area contributed by atoms with Crippen LogP contribution in [0.3, 0.4) is 0 Å². The lowest BCUT2D eigenvalue weighted by atomic mass is 9.86. The fourth-order valence-electron chi connectivity index (χ4n) is 5.72. The second kappa shape index (κ2) is 11.3. The summed E-state index contributed by atoms with van der Waals surface area (Å²) in [5, 5.41) is 25.0. The van der Waals surface area contributed by atoms with Crippen molar-refractivity contribution >= 4 is 22.5 Å². The maximum absolute atomic E-state index is 15.0. The number of carbonyl (C=O) groups excluding carboxylic acids is 1. The van der Waals surface area contributed by atoms with Gasteiger partial charge in [0, 0.05) is 47.4 Å². The fourth-order valence-corrected chi connectivity index (χ4v) is 5.72. The molecule has 3 aromatic carbocycles. The molecule has 0 bridgehead atoms. The van der Waals surface area contributed by atoms with Gasteiger partial charge in [-0.15, -0.1) is 0 Å². The number of fused-ring (bicyclic) bond motifs is 1. The van der Waals surface area contributed by atoms with Crippen LogP contribution < -0.4 is 5.32 Å². The number of hydrogen-bond acceptors (Lipinski definition) is 6. The Morgan fingerprint density at radius 1 is 1.07 bits per heavy atom. The van der Waals surface area contributed by atoms with Gasteiger partial charge < -0.3 is 15.3 Å². The number of anilines is 1. The summed E-state index contributed by atoms with van der Waals surface area (Å²) in [6, 6.07) is 17.8. The summed E-state index contributed by atoms with van der Waals surface area (Å²) in [6.07, 6.45) is 6.11. The van der Waals surface area contributed by atoms with Crippen LogP contribution in [0.5, 0.6) is 0 Å². The van der Waals surface area contributed by atoms with Crippen molar-refractivity contribution in [2.45, 2.75) is 44.0 Å². The van der Waals surface area contributed by atoms with Gasteiger partial charge in [0.2, 0.25) is 0 Å². The van der Waals surface area contributed by atoms with E-state index in [2.05, 4.69) is 20.5 Å². The standard InChI is InChI=1S/C31H31F2N7O2/c1-21(31(42,18-39-20-34-19-36-39)27-9-7-24(32)16-28(27)33)40-29-10-8-26(15-23(29)17-35-40)37-25-11-13-38(14-12-25)30(41)22-5-3-2-4-6-22/h2-10,15-17,19-21,25,37,42H,11-14,18H2,1H3/t21-,31-/m1/s1. The molecule has 1 aliphatic rings. The summed E-state index contributed by atoms with van der Waals surface area (Å²) in [7, 11) is 0. The van der Waals surface area contributed by atoms with E-state index in [0.717, 1.165) is 41.6 Å². The maximum atomic E-state index is 15.0. The molecule has 42 heavy (non-hydrogen) atoms. The molecule has 2 atom stereocenters. The zero-order chi connectivity index (χ0) is 29.3. The van der Waals surface area contributed by atoms with Crippen molar-refractivity contribution < 1.29 is 18.7 Å². The highest BCUT2D eigenvalue weighted by atomic mass is 19.1. The van der Waals surface area contributed by atoms with E-state index in [0.29, 0.717) is 18.7 Å². The molecule has 5 aromatic rings. The number of amides is 1. The van der Waals surface area contributed by atoms with Gasteiger partial charge >= 0.3 is 0 Å². The smallest absolute Gasteiger partial charge is 0.253 e. The van der Waals surface area contributed by atoms with Gasteiger partial charge in [0.1, 0.15) is 29.9 Å². The number of aromatic nitrogens is 5. The van der Waals surface area contributed by atoms with Crippen LogP contribution >= 0.6 is 0 Å². The quantitative estimate of drug-likeness (QED) is 0.278. The Kier molecular flexibility index (Phi) is 7.42. The number of likely N-dealkylation sites (tertiary alicyclic amines) is 1.